The third kappa shape index (κ3) is 3.72. The second-order valence-electron chi connectivity index (χ2n) is 5.70. The smallest absolute Gasteiger partial charge is 0.231 e. The minimum Gasteiger partial charge on any atom is -0.357 e. The molecule has 0 atom stereocenters. The van der Waals surface area contributed by atoms with Crippen LogP contribution in [0.15, 0.2) is 0 Å². The summed E-state index contributed by atoms with van der Waals surface area (Å²) in [5.74, 6) is 2.10. The van der Waals surface area contributed by atoms with Gasteiger partial charge in [-0.3, -0.25) is 0 Å². The summed E-state index contributed by atoms with van der Waals surface area (Å²) in [6, 6.07) is 0. The van der Waals surface area contributed by atoms with Crippen LogP contribution in [0, 0.1) is 0 Å². The van der Waals surface area contributed by atoms with Crippen molar-refractivity contribution in [2.45, 2.75) is 25.7 Å². The summed E-state index contributed by atoms with van der Waals surface area (Å²) in [6.07, 6.45) is 5.10. The first-order chi connectivity index (χ1) is 10.3. The molecule has 2 N–H and O–H groups in total. The highest BCUT2D eigenvalue weighted by atomic mass is 15.3. The first-order valence-corrected chi connectivity index (χ1v) is 8.00. The van der Waals surface area contributed by atoms with E-state index in [2.05, 4.69) is 35.4 Å². The molecule has 2 aliphatic rings. The molecular formula is C14H25N7. The number of likely N-dealkylation sites (tertiary alicyclic amines) is 1. The number of nitrogens with one attached hydrogen (secondary N) is 2. The standard InChI is InChI=1S/C14H25N7/c1-15-12-17-13(16-6-11-20-7-2-3-8-20)19-14(18-12)21-9-4-5-10-21/h2-11H2,1H3,(H2,15,16,17,18,19). The predicted octanol–water partition coefficient (Wildman–Crippen LogP) is 1.02. The van der Waals surface area contributed by atoms with Crippen LogP contribution in [-0.2, 0) is 0 Å². The van der Waals surface area contributed by atoms with Gasteiger partial charge in [-0.1, -0.05) is 0 Å². The van der Waals surface area contributed by atoms with Crippen molar-refractivity contribution in [2.24, 2.45) is 0 Å². The Morgan fingerprint density at radius 1 is 0.905 bits per heavy atom. The van der Waals surface area contributed by atoms with E-state index in [9.17, 15) is 0 Å². The van der Waals surface area contributed by atoms with Gasteiger partial charge in [0.15, 0.2) is 0 Å². The van der Waals surface area contributed by atoms with E-state index in [1.54, 1.807) is 0 Å². The van der Waals surface area contributed by atoms with Gasteiger partial charge >= 0.3 is 0 Å². The molecule has 0 spiro atoms. The first kappa shape index (κ1) is 14.3. The summed E-state index contributed by atoms with van der Waals surface area (Å²) in [4.78, 5) is 18.1. The Hall–Kier alpha value is -1.63. The number of nitrogens with zero attached hydrogens (tertiary/aromatic N) is 5. The van der Waals surface area contributed by atoms with Gasteiger partial charge in [-0.05, 0) is 38.8 Å². The van der Waals surface area contributed by atoms with Gasteiger partial charge in [0, 0.05) is 33.2 Å². The highest BCUT2D eigenvalue weighted by molar-refractivity contribution is 5.44. The number of aromatic nitrogens is 3. The molecule has 2 saturated heterocycles. The normalized spacial score (nSPS) is 19.2. The monoisotopic (exact) mass is 291 g/mol. The number of anilines is 3. The Labute approximate surface area is 126 Å². The fourth-order valence-electron chi connectivity index (χ4n) is 2.95. The van der Waals surface area contributed by atoms with Crippen molar-refractivity contribution in [1.29, 1.82) is 0 Å². The first-order valence-electron chi connectivity index (χ1n) is 8.00. The van der Waals surface area contributed by atoms with Crippen LogP contribution in [0.25, 0.3) is 0 Å². The Kier molecular flexibility index (Phi) is 4.69. The minimum atomic E-state index is 0.635. The largest absolute Gasteiger partial charge is 0.357 e. The van der Waals surface area contributed by atoms with Crippen LogP contribution in [-0.4, -0.2) is 66.2 Å². The molecule has 3 rings (SSSR count). The molecule has 0 radical (unpaired) electrons. The van der Waals surface area contributed by atoms with Crippen LogP contribution >= 0.6 is 0 Å². The molecule has 7 nitrogen and oxygen atoms in total. The zero-order valence-electron chi connectivity index (χ0n) is 12.8. The molecule has 0 unspecified atom stereocenters. The quantitative estimate of drug-likeness (QED) is 0.811. The summed E-state index contributed by atoms with van der Waals surface area (Å²) >= 11 is 0. The van der Waals surface area contributed by atoms with Crippen molar-refractivity contribution in [3.05, 3.63) is 0 Å². The lowest BCUT2D eigenvalue weighted by atomic mass is 10.4. The van der Waals surface area contributed by atoms with Gasteiger partial charge in [0.1, 0.15) is 0 Å². The van der Waals surface area contributed by atoms with Gasteiger partial charge in [0.25, 0.3) is 0 Å². The summed E-state index contributed by atoms with van der Waals surface area (Å²) in [7, 11) is 1.84. The van der Waals surface area contributed by atoms with Gasteiger partial charge < -0.3 is 20.4 Å². The summed E-state index contributed by atoms with van der Waals surface area (Å²) < 4.78 is 0. The molecule has 3 heterocycles. The van der Waals surface area contributed by atoms with Crippen LogP contribution in [0.2, 0.25) is 0 Å². The third-order valence-corrected chi connectivity index (χ3v) is 4.15. The maximum atomic E-state index is 4.56. The average molecular weight is 291 g/mol. The lowest BCUT2D eigenvalue weighted by molar-refractivity contribution is 0.352. The lowest BCUT2D eigenvalue weighted by Gasteiger charge is -2.18. The van der Waals surface area contributed by atoms with Gasteiger partial charge in [0.2, 0.25) is 17.8 Å². The molecular weight excluding hydrogens is 266 g/mol. The molecule has 21 heavy (non-hydrogen) atoms. The summed E-state index contributed by atoms with van der Waals surface area (Å²) in [6.45, 7) is 6.46. The van der Waals surface area contributed by atoms with Gasteiger partial charge in [-0.25, -0.2) is 0 Å². The Morgan fingerprint density at radius 2 is 1.57 bits per heavy atom. The van der Waals surface area contributed by atoms with Crippen molar-refractivity contribution >= 4 is 17.8 Å². The van der Waals surface area contributed by atoms with Gasteiger partial charge in [0.05, 0.1) is 0 Å². The molecule has 0 aromatic carbocycles. The number of hydrogen-bond acceptors (Lipinski definition) is 7. The highest BCUT2D eigenvalue weighted by Crippen LogP contribution is 2.18. The summed E-state index contributed by atoms with van der Waals surface area (Å²) in [5.41, 5.74) is 0. The summed E-state index contributed by atoms with van der Waals surface area (Å²) in [5, 5.41) is 6.36. The lowest BCUT2D eigenvalue weighted by Crippen LogP contribution is -2.27. The Morgan fingerprint density at radius 3 is 2.29 bits per heavy atom. The zero-order chi connectivity index (χ0) is 14.5. The van der Waals surface area contributed by atoms with E-state index in [0.717, 1.165) is 32.1 Å². The van der Waals surface area contributed by atoms with Crippen molar-refractivity contribution in [3.8, 4) is 0 Å². The highest BCUT2D eigenvalue weighted by Gasteiger charge is 2.17. The number of hydrogen-bond donors (Lipinski definition) is 2. The molecule has 2 aliphatic heterocycles. The molecule has 1 aromatic rings. The van der Waals surface area contributed by atoms with Crippen molar-refractivity contribution in [1.82, 2.24) is 19.9 Å². The molecule has 7 heteroatoms. The van der Waals surface area contributed by atoms with Crippen molar-refractivity contribution in [2.75, 3.05) is 61.8 Å². The topological polar surface area (TPSA) is 69.2 Å². The van der Waals surface area contributed by atoms with E-state index in [1.165, 1.54) is 38.8 Å². The fourth-order valence-corrected chi connectivity index (χ4v) is 2.95. The minimum absolute atomic E-state index is 0.635. The Balaban J connectivity index is 1.61. The Bertz CT molecular complexity index is 453. The maximum absolute atomic E-state index is 4.56. The second kappa shape index (κ2) is 6.89. The van der Waals surface area contributed by atoms with Gasteiger partial charge in [-0.2, -0.15) is 15.0 Å². The molecule has 1 aromatic heterocycles. The second-order valence-corrected chi connectivity index (χ2v) is 5.70. The van der Waals surface area contributed by atoms with E-state index in [0.29, 0.717) is 11.9 Å². The van der Waals surface area contributed by atoms with E-state index in [-0.39, 0.29) is 0 Å². The molecule has 0 aliphatic carbocycles. The number of rotatable bonds is 6. The van der Waals surface area contributed by atoms with E-state index >= 15 is 0 Å². The van der Waals surface area contributed by atoms with Crippen LogP contribution in [0.1, 0.15) is 25.7 Å². The van der Waals surface area contributed by atoms with Crippen LogP contribution < -0.4 is 15.5 Å². The van der Waals surface area contributed by atoms with Crippen LogP contribution in [0.5, 0.6) is 0 Å². The van der Waals surface area contributed by atoms with E-state index < -0.39 is 0 Å². The van der Waals surface area contributed by atoms with Crippen LogP contribution in [0.4, 0.5) is 17.8 Å². The average Bonchev–Trinajstić information content (AvgIpc) is 3.20. The van der Waals surface area contributed by atoms with E-state index in [4.69, 9.17) is 0 Å². The molecule has 116 valence electrons. The SMILES string of the molecule is CNc1nc(NCCN2CCCC2)nc(N2CCCC2)n1. The van der Waals surface area contributed by atoms with Crippen molar-refractivity contribution < 1.29 is 0 Å². The predicted molar refractivity (Wildman–Crippen MR) is 85.0 cm³/mol. The fraction of sp³-hybridized carbons (Fsp3) is 0.786. The zero-order valence-corrected chi connectivity index (χ0v) is 12.8. The van der Waals surface area contributed by atoms with Gasteiger partial charge in [-0.15, -0.1) is 0 Å². The van der Waals surface area contributed by atoms with E-state index in [1.807, 2.05) is 7.05 Å². The molecule has 0 bridgehead atoms. The van der Waals surface area contributed by atoms with Crippen molar-refractivity contribution in [3.63, 3.8) is 0 Å². The molecule has 2 fully saturated rings. The maximum Gasteiger partial charge on any atom is 0.231 e. The third-order valence-electron chi connectivity index (χ3n) is 4.15. The van der Waals surface area contributed by atoms with Crippen LogP contribution in [0.3, 0.4) is 0 Å². The molecule has 0 amide bonds. The molecule has 0 saturated carbocycles.